The van der Waals surface area contributed by atoms with Crippen molar-refractivity contribution in [2.24, 2.45) is 0 Å². The molecule has 5 rings (SSSR count). The summed E-state index contributed by atoms with van der Waals surface area (Å²) in [5.41, 5.74) is 4.51. The third kappa shape index (κ3) is 4.52. The summed E-state index contributed by atoms with van der Waals surface area (Å²) in [7, 11) is 0. The van der Waals surface area contributed by atoms with Crippen LogP contribution in [0.3, 0.4) is 0 Å². The number of halogens is 1. The molecule has 0 radical (unpaired) electrons. The Kier molecular flexibility index (Phi) is 5.92. The number of benzene rings is 2. The van der Waals surface area contributed by atoms with E-state index in [-0.39, 0.29) is 5.91 Å². The van der Waals surface area contributed by atoms with E-state index in [0.717, 1.165) is 40.7 Å². The van der Waals surface area contributed by atoms with Crippen LogP contribution in [0.25, 0.3) is 5.65 Å². The highest BCUT2D eigenvalue weighted by Gasteiger charge is 2.24. The Morgan fingerprint density at radius 3 is 2.64 bits per heavy atom. The zero-order valence-electron chi connectivity index (χ0n) is 18.4. The quantitative estimate of drug-likeness (QED) is 0.427. The number of fused-ring (bicyclic) bond motifs is 1. The fourth-order valence-electron chi connectivity index (χ4n) is 4.21. The maximum Gasteiger partial charge on any atom is 0.257 e. The molecule has 1 fully saturated rings. The van der Waals surface area contributed by atoms with Crippen molar-refractivity contribution in [3.8, 4) is 5.75 Å². The van der Waals surface area contributed by atoms with Gasteiger partial charge in [-0.1, -0.05) is 35.9 Å². The molecular weight excluding hydrogens is 436 g/mol. The molecule has 168 valence electrons. The molecule has 3 heterocycles. The highest BCUT2D eigenvalue weighted by Crippen LogP contribution is 2.24. The summed E-state index contributed by atoms with van der Waals surface area (Å²) in [4.78, 5) is 22.1. The first-order valence-electron chi connectivity index (χ1n) is 11.0. The van der Waals surface area contributed by atoms with Crippen molar-refractivity contribution in [2.75, 3.05) is 31.1 Å². The van der Waals surface area contributed by atoms with E-state index in [9.17, 15) is 4.79 Å². The largest absolute Gasteiger partial charge is 0.486 e. The van der Waals surface area contributed by atoms with Crippen molar-refractivity contribution in [2.45, 2.75) is 13.5 Å². The number of ether oxygens (including phenoxy) is 1. The van der Waals surface area contributed by atoms with Gasteiger partial charge in [-0.15, -0.1) is 0 Å². The maximum absolute atomic E-state index is 13.3. The highest BCUT2D eigenvalue weighted by atomic mass is 35.5. The number of para-hydroxylation sites is 1. The number of aryl methyl sites for hydroxylation is 1. The molecule has 0 aliphatic carbocycles. The van der Waals surface area contributed by atoms with E-state index in [2.05, 4.69) is 9.88 Å². The molecule has 0 unspecified atom stereocenters. The summed E-state index contributed by atoms with van der Waals surface area (Å²) < 4.78 is 8.05. The van der Waals surface area contributed by atoms with Crippen LogP contribution in [-0.2, 0) is 6.61 Å². The first-order chi connectivity index (χ1) is 16.1. The third-order valence-corrected chi connectivity index (χ3v) is 6.20. The van der Waals surface area contributed by atoms with Crippen LogP contribution >= 0.6 is 11.6 Å². The molecule has 1 aliphatic heterocycles. The number of hydrogen-bond donors (Lipinski definition) is 0. The van der Waals surface area contributed by atoms with Crippen LogP contribution in [0.15, 0.2) is 73.1 Å². The lowest BCUT2D eigenvalue weighted by atomic mass is 10.1. The first kappa shape index (κ1) is 21.3. The van der Waals surface area contributed by atoms with Gasteiger partial charge in [0, 0.05) is 49.3 Å². The van der Waals surface area contributed by atoms with Gasteiger partial charge in [-0.25, -0.2) is 4.98 Å². The van der Waals surface area contributed by atoms with Gasteiger partial charge in [0.2, 0.25) is 0 Å². The van der Waals surface area contributed by atoms with E-state index in [0.29, 0.717) is 31.0 Å². The Balaban J connectivity index is 1.26. The summed E-state index contributed by atoms with van der Waals surface area (Å²) in [6.45, 7) is 5.14. The minimum Gasteiger partial charge on any atom is -0.486 e. The van der Waals surface area contributed by atoms with E-state index in [1.165, 1.54) is 0 Å². The van der Waals surface area contributed by atoms with Crippen LogP contribution in [0.1, 0.15) is 21.6 Å². The Hall–Kier alpha value is -3.51. The van der Waals surface area contributed by atoms with Crippen LogP contribution in [0, 0.1) is 6.92 Å². The molecule has 7 heteroatoms. The van der Waals surface area contributed by atoms with E-state index in [1.807, 2.05) is 89.3 Å². The van der Waals surface area contributed by atoms with Crippen molar-refractivity contribution in [3.63, 3.8) is 0 Å². The minimum absolute atomic E-state index is 0.0119. The Labute approximate surface area is 198 Å². The van der Waals surface area contributed by atoms with E-state index < -0.39 is 0 Å². The molecule has 0 N–H and O–H groups in total. The zero-order valence-corrected chi connectivity index (χ0v) is 19.2. The zero-order chi connectivity index (χ0) is 22.8. The van der Waals surface area contributed by atoms with Crippen LogP contribution < -0.4 is 9.64 Å². The molecule has 0 atom stereocenters. The van der Waals surface area contributed by atoms with E-state index in [4.69, 9.17) is 16.3 Å². The molecule has 1 saturated heterocycles. The van der Waals surface area contributed by atoms with Gasteiger partial charge in [-0.2, -0.15) is 0 Å². The number of carbonyl (C=O) groups is 1. The molecular formula is C26H25ClN4O2. The van der Waals surface area contributed by atoms with Crippen LogP contribution in [0.5, 0.6) is 5.75 Å². The normalized spacial score (nSPS) is 14.0. The van der Waals surface area contributed by atoms with Crippen molar-refractivity contribution in [1.82, 2.24) is 14.3 Å². The topological polar surface area (TPSA) is 50.1 Å². The molecule has 0 bridgehead atoms. The maximum atomic E-state index is 13.3. The van der Waals surface area contributed by atoms with Crippen molar-refractivity contribution >= 4 is 28.8 Å². The van der Waals surface area contributed by atoms with E-state index >= 15 is 0 Å². The lowest BCUT2D eigenvalue weighted by Crippen LogP contribution is -2.48. The molecule has 33 heavy (non-hydrogen) atoms. The summed E-state index contributed by atoms with van der Waals surface area (Å²) in [6, 6.07) is 19.3. The number of nitrogens with zero attached hydrogens (tertiary/aromatic N) is 4. The fraction of sp³-hybridized carbons (Fsp3) is 0.231. The number of anilines is 1. The van der Waals surface area contributed by atoms with Gasteiger partial charge in [-0.3, -0.25) is 4.79 Å². The predicted octanol–water partition coefficient (Wildman–Crippen LogP) is 4.84. The number of imidazole rings is 1. The molecule has 1 aliphatic rings. The predicted molar refractivity (Wildman–Crippen MR) is 130 cm³/mol. The van der Waals surface area contributed by atoms with Gasteiger partial charge in [0.25, 0.3) is 5.91 Å². The standard InChI is InChI=1S/C26H25ClN4O2/c1-19-6-5-11-31-17-21(28-25(19)31)18-33-24-10-3-2-9-23(24)26(32)30-14-12-29(13-15-30)22-8-4-7-20(27)16-22/h2-11,16-17H,12-15,18H2,1H3. The number of hydrogen-bond acceptors (Lipinski definition) is 4. The van der Waals surface area contributed by atoms with Crippen molar-refractivity contribution < 1.29 is 9.53 Å². The van der Waals surface area contributed by atoms with Gasteiger partial charge in [0.05, 0.1) is 11.3 Å². The second-order valence-corrected chi connectivity index (χ2v) is 8.63. The van der Waals surface area contributed by atoms with Gasteiger partial charge < -0.3 is 18.9 Å². The second kappa shape index (κ2) is 9.16. The van der Waals surface area contributed by atoms with Crippen LogP contribution in [0.4, 0.5) is 5.69 Å². The van der Waals surface area contributed by atoms with Gasteiger partial charge in [0.15, 0.2) is 0 Å². The van der Waals surface area contributed by atoms with Gasteiger partial charge in [-0.05, 0) is 48.9 Å². The second-order valence-electron chi connectivity index (χ2n) is 8.20. The molecule has 1 amide bonds. The number of amides is 1. The fourth-order valence-corrected chi connectivity index (χ4v) is 4.39. The third-order valence-electron chi connectivity index (χ3n) is 5.96. The number of pyridine rings is 1. The average molecular weight is 461 g/mol. The number of aromatic nitrogens is 2. The molecule has 2 aromatic carbocycles. The van der Waals surface area contributed by atoms with Crippen LogP contribution in [-0.4, -0.2) is 46.4 Å². The number of carbonyl (C=O) groups excluding carboxylic acids is 1. The van der Waals surface area contributed by atoms with Gasteiger partial charge >= 0.3 is 0 Å². The average Bonchev–Trinajstić information content (AvgIpc) is 3.27. The summed E-state index contributed by atoms with van der Waals surface area (Å²) in [5, 5.41) is 0.720. The number of piperazine rings is 1. The minimum atomic E-state index is -0.0119. The Morgan fingerprint density at radius 1 is 1.03 bits per heavy atom. The smallest absolute Gasteiger partial charge is 0.257 e. The monoisotopic (exact) mass is 460 g/mol. The van der Waals surface area contributed by atoms with Crippen molar-refractivity contribution in [1.29, 1.82) is 0 Å². The lowest BCUT2D eigenvalue weighted by molar-refractivity contribution is 0.0742. The summed E-state index contributed by atoms with van der Waals surface area (Å²) >= 11 is 6.13. The summed E-state index contributed by atoms with van der Waals surface area (Å²) in [5.74, 6) is 0.565. The molecule has 4 aromatic rings. The number of rotatable bonds is 5. The summed E-state index contributed by atoms with van der Waals surface area (Å²) in [6.07, 6.45) is 3.93. The SMILES string of the molecule is Cc1cccn2cc(COc3ccccc3C(=O)N3CCN(c4cccc(Cl)c4)CC3)nc12. The van der Waals surface area contributed by atoms with Crippen LogP contribution in [0.2, 0.25) is 5.02 Å². The van der Waals surface area contributed by atoms with Gasteiger partial charge in [0.1, 0.15) is 18.0 Å². The lowest BCUT2D eigenvalue weighted by Gasteiger charge is -2.36. The Bertz CT molecular complexity index is 1290. The van der Waals surface area contributed by atoms with Crippen molar-refractivity contribution in [3.05, 3.63) is 94.9 Å². The highest BCUT2D eigenvalue weighted by molar-refractivity contribution is 6.30. The molecule has 2 aromatic heterocycles. The Morgan fingerprint density at radius 2 is 1.85 bits per heavy atom. The van der Waals surface area contributed by atoms with E-state index in [1.54, 1.807) is 0 Å². The molecule has 0 spiro atoms. The molecule has 0 saturated carbocycles. The first-order valence-corrected chi connectivity index (χ1v) is 11.4. The molecule has 6 nitrogen and oxygen atoms in total.